The van der Waals surface area contributed by atoms with Crippen molar-refractivity contribution in [3.63, 3.8) is 0 Å². The Labute approximate surface area is 201 Å². The van der Waals surface area contributed by atoms with E-state index in [4.69, 9.17) is 0 Å². The van der Waals surface area contributed by atoms with Crippen molar-refractivity contribution in [3.05, 3.63) is 82.0 Å². The lowest BCUT2D eigenvalue weighted by Crippen LogP contribution is -2.50. The van der Waals surface area contributed by atoms with Crippen LogP contribution in [0.15, 0.2) is 70.9 Å². The summed E-state index contributed by atoms with van der Waals surface area (Å²) in [5, 5.41) is 4.59. The molecule has 34 heavy (non-hydrogen) atoms. The molecule has 1 aromatic heterocycles. The fraction of sp³-hybridized carbons (Fsp3) is 0.208. The summed E-state index contributed by atoms with van der Waals surface area (Å²) in [5.41, 5.74) is 1.08. The van der Waals surface area contributed by atoms with Crippen LogP contribution in [0.25, 0.3) is 0 Å². The minimum absolute atomic E-state index is 0.0570. The van der Waals surface area contributed by atoms with E-state index in [1.54, 1.807) is 58.8 Å². The number of ketones is 1. The molecular formula is C24H23N3O5S2. The molecule has 8 nitrogen and oxygen atoms in total. The summed E-state index contributed by atoms with van der Waals surface area (Å²) in [6.07, 6.45) is 0. The number of nitrogens with one attached hydrogen (secondary N) is 1. The highest BCUT2D eigenvalue weighted by Gasteiger charge is 2.31. The van der Waals surface area contributed by atoms with Gasteiger partial charge in [0.25, 0.3) is 11.8 Å². The average molecular weight is 498 g/mol. The first-order valence-corrected chi connectivity index (χ1v) is 12.9. The lowest BCUT2D eigenvalue weighted by Gasteiger charge is -2.34. The average Bonchev–Trinajstić information content (AvgIpc) is 3.39. The molecule has 176 valence electrons. The predicted octanol–water partition coefficient (Wildman–Crippen LogP) is 3.35. The van der Waals surface area contributed by atoms with Gasteiger partial charge in [0.2, 0.25) is 10.0 Å². The maximum absolute atomic E-state index is 13.2. The Morgan fingerprint density at radius 3 is 2.32 bits per heavy atom. The van der Waals surface area contributed by atoms with Crippen molar-refractivity contribution in [2.24, 2.45) is 0 Å². The Kier molecular flexibility index (Phi) is 6.92. The molecule has 2 aromatic carbocycles. The van der Waals surface area contributed by atoms with Crippen LogP contribution >= 0.6 is 11.3 Å². The van der Waals surface area contributed by atoms with E-state index in [1.807, 2.05) is 0 Å². The van der Waals surface area contributed by atoms with Crippen molar-refractivity contribution in [2.75, 3.05) is 31.5 Å². The number of Topliss-reactive ketones (excluding diaryl/α,β-unsaturated/α-hetero) is 1. The summed E-state index contributed by atoms with van der Waals surface area (Å²) in [6.45, 7) is 2.05. The van der Waals surface area contributed by atoms with Gasteiger partial charge in [-0.25, -0.2) is 8.42 Å². The number of thiophene rings is 1. The summed E-state index contributed by atoms with van der Waals surface area (Å²) in [5.74, 6) is -0.783. The molecule has 1 N–H and O–H groups in total. The monoisotopic (exact) mass is 497 g/mol. The smallest absolute Gasteiger partial charge is 0.265 e. The quantitative estimate of drug-likeness (QED) is 0.526. The van der Waals surface area contributed by atoms with Crippen LogP contribution in [0.4, 0.5) is 5.69 Å². The number of hydrogen-bond acceptors (Lipinski definition) is 6. The molecule has 0 saturated carbocycles. The summed E-state index contributed by atoms with van der Waals surface area (Å²) >= 11 is 1.31. The summed E-state index contributed by atoms with van der Waals surface area (Å²) < 4.78 is 27.4. The zero-order valence-corrected chi connectivity index (χ0v) is 20.1. The van der Waals surface area contributed by atoms with Crippen molar-refractivity contribution in [1.82, 2.24) is 9.21 Å². The first kappa shape index (κ1) is 23.8. The van der Waals surface area contributed by atoms with Crippen LogP contribution in [-0.2, 0) is 10.0 Å². The van der Waals surface area contributed by atoms with E-state index < -0.39 is 10.0 Å². The van der Waals surface area contributed by atoms with Gasteiger partial charge in [0, 0.05) is 31.7 Å². The normalized spacial score (nSPS) is 14.6. The van der Waals surface area contributed by atoms with Gasteiger partial charge >= 0.3 is 0 Å². The molecule has 3 aromatic rings. The zero-order chi connectivity index (χ0) is 24.3. The van der Waals surface area contributed by atoms with Crippen LogP contribution in [0, 0.1) is 0 Å². The number of benzene rings is 2. The van der Waals surface area contributed by atoms with Crippen molar-refractivity contribution < 1.29 is 22.8 Å². The van der Waals surface area contributed by atoms with Crippen LogP contribution in [0.2, 0.25) is 0 Å². The Morgan fingerprint density at radius 1 is 0.912 bits per heavy atom. The Hall–Kier alpha value is -3.34. The Morgan fingerprint density at radius 2 is 1.65 bits per heavy atom. The number of carbonyl (C=O) groups excluding carboxylic acids is 3. The summed E-state index contributed by atoms with van der Waals surface area (Å²) in [6, 6.07) is 16.2. The molecule has 0 spiro atoms. The van der Waals surface area contributed by atoms with E-state index in [9.17, 15) is 22.8 Å². The first-order valence-electron chi connectivity index (χ1n) is 10.6. The molecular weight excluding hydrogens is 474 g/mol. The Balaban J connectivity index is 1.46. The molecule has 0 aliphatic carbocycles. The highest BCUT2D eigenvalue weighted by molar-refractivity contribution is 7.89. The number of anilines is 1. The number of piperazine rings is 1. The Bertz CT molecular complexity index is 1330. The molecule has 0 radical (unpaired) electrons. The van der Waals surface area contributed by atoms with Crippen LogP contribution in [-0.4, -0.2) is 61.4 Å². The molecule has 2 heterocycles. The third-order valence-electron chi connectivity index (χ3n) is 5.55. The highest BCUT2D eigenvalue weighted by atomic mass is 32.2. The number of para-hydroxylation sites is 1. The zero-order valence-electron chi connectivity index (χ0n) is 18.4. The molecule has 0 bridgehead atoms. The van der Waals surface area contributed by atoms with Crippen LogP contribution in [0.1, 0.15) is 37.3 Å². The fourth-order valence-corrected chi connectivity index (χ4v) is 5.78. The largest absolute Gasteiger partial charge is 0.336 e. The third kappa shape index (κ3) is 4.93. The minimum Gasteiger partial charge on any atom is -0.336 e. The van der Waals surface area contributed by atoms with E-state index >= 15 is 0 Å². The highest BCUT2D eigenvalue weighted by Crippen LogP contribution is 2.23. The second-order valence-corrected chi connectivity index (χ2v) is 10.6. The van der Waals surface area contributed by atoms with Gasteiger partial charge in [-0.3, -0.25) is 14.4 Å². The number of hydrogen-bond donors (Lipinski definition) is 1. The van der Waals surface area contributed by atoms with Gasteiger partial charge in [0.05, 0.1) is 21.0 Å². The molecule has 4 rings (SSSR count). The van der Waals surface area contributed by atoms with Gasteiger partial charge in [-0.05, 0) is 42.6 Å². The van der Waals surface area contributed by atoms with Gasteiger partial charge in [0.1, 0.15) is 0 Å². The minimum atomic E-state index is -3.79. The maximum atomic E-state index is 13.2. The van der Waals surface area contributed by atoms with Gasteiger partial charge in [0.15, 0.2) is 5.78 Å². The molecule has 2 amide bonds. The maximum Gasteiger partial charge on any atom is 0.265 e. The summed E-state index contributed by atoms with van der Waals surface area (Å²) in [4.78, 5) is 39.5. The standard InChI is InChI=1S/C24H23N3O5S2/c1-17(28)18-6-4-7-19(16-18)34(31,32)27-13-11-26(12-14-27)24(30)20-8-2-3-9-21(20)25-23(29)22-10-5-15-33-22/h2-10,15-16H,11-14H2,1H3,(H,25,29). The van der Waals surface area contributed by atoms with Crippen LogP contribution in [0.5, 0.6) is 0 Å². The van der Waals surface area contributed by atoms with E-state index in [1.165, 1.54) is 34.7 Å². The molecule has 1 aliphatic heterocycles. The molecule has 1 fully saturated rings. The molecule has 1 saturated heterocycles. The van der Waals surface area contributed by atoms with Gasteiger partial charge in [-0.2, -0.15) is 4.31 Å². The second-order valence-electron chi connectivity index (χ2n) is 7.76. The molecule has 10 heteroatoms. The number of rotatable bonds is 6. The lowest BCUT2D eigenvalue weighted by atomic mass is 10.1. The van der Waals surface area contributed by atoms with E-state index in [2.05, 4.69) is 5.32 Å². The fourth-order valence-electron chi connectivity index (χ4n) is 3.70. The molecule has 0 unspecified atom stereocenters. The lowest BCUT2D eigenvalue weighted by molar-refractivity contribution is 0.0698. The van der Waals surface area contributed by atoms with Crippen molar-refractivity contribution in [2.45, 2.75) is 11.8 Å². The van der Waals surface area contributed by atoms with Gasteiger partial charge in [-0.1, -0.05) is 30.3 Å². The summed E-state index contributed by atoms with van der Waals surface area (Å²) in [7, 11) is -3.79. The van der Waals surface area contributed by atoms with Crippen LogP contribution in [0.3, 0.4) is 0 Å². The molecule has 0 atom stereocenters. The third-order valence-corrected chi connectivity index (χ3v) is 8.32. The first-order chi connectivity index (χ1) is 16.3. The van der Waals surface area contributed by atoms with Gasteiger partial charge < -0.3 is 10.2 Å². The van der Waals surface area contributed by atoms with E-state index in [0.717, 1.165) is 0 Å². The SMILES string of the molecule is CC(=O)c1cccc(S(=O)(=O)N2CCN(C(=O)c3ccccc3NC(=O)c3cccs3)CC2)c1. The van der Waals surface area contributed by atoms with E-state index in [0.29, 0.717) is 21.7 Å². The van der Waals surface area contributed by atoms with Crippen LogP contribution < -0.4 is 5.32 Å². The second kappa shape index (κ2) is 9.88. The molecule has 1 aliphatic rings. The number of carbonyl (C=O) groups is 3. The number of nitrogens with zero attached hydrogens (tertiary/aromatic N) is 2. The number of amides is 2. The van der Waals surface area contributed by atoms with Crippen molar-refractivity contribution in [3.8, 4) is 0 Å². The van der Waals surface area contributed by atoms with Crippen molar-refractivity contribution >= 4 is 44.6 Å². The van der Waals surface area contributed by atoms with E-state index in [-0.39, 0.29) is 48.7 Å². The van der Waals surface area contributed by atoms with Crippen molar-refractivity contribution in [1.29, 1.82) is 0 Å². The number of sulfonamides is 1. The predicted molar refractivity (Wildman–Crippen MR) is 130 cm³/mol. The topological polar surface area (TPSA) is 104 Å². The van der Waals surface area contributed by atoms with Gasteiger partial charge in [-0.15, -0.1) is 11.3 Å².